The molecule has 0 aromatic carbocycles. The van der Waals surface area contributed by atoms with Crippen LogP contribution in [0.2, 0.25) is 0 Å². The van der Waals surface area contributed by atoms with Crippen molar-refractivity contribution in [3.8, 4) is 0 Å². The number of ether oxygens (including phenoxy) is 1. The maximum atomic E-state index is 11.5. The summed E-state index contributed by atoms with van der Waals surface area (Å²) in [7, 11) is 0. The number of aromatic nitrogens is 1. The summed E-state index contributed by atoms with van der Waals surface area (Å²) >= 11 is 0. The molecule has 1 amide bonds. The molecule has 0 bridgehead atoms. The highest BCUT2D eigenvalue weighted by molar-refractivity contribution is 5.88. The molecule has 6 heteroatoms. The molecule has 1 aliphatic rings. The van der Waals surface area contributed by atoms with Crippen molar-refractivity contribution >= 4 is 11.9 Å². The average molecular weight is 236 g/mol. The quantitative estimate of drug-likeness (QED) is 0.764. The van der Waals surface area contributed by atoms with E-state index >= 15 is 0 Å². The van der Waals surface area contributed by atoms with Gasteiger partial charge < -0.3 is 15.6 Å². The summed E-state index contributed by atoms with van der Waals surface area (Å²) in [5.74, 6) is -1.55. The van der Waals surface area contributed by atoms with Crippen LogP contribution in [0.25, 0.3) is 0 Å². The summed E-state index contributed by atoms with van der Waals surface area (Å²) < 4.78 is 5.20. The van der Waals surface area contributed by atoms with E-state index in [1.54, 1.807) is 0 Å². The van der Waals surface area contributed by atoms with Gasteiger partial charge in [-0.15, -0.1) is 0 Å². The molecule has 0 saturated carbocycles. The zero-order valence-corrected chi connectivity index (χ0v) is 9.05. The first kappa shape index (κ1) is 11.5. The standard InChI is InChI=1S/C11H12N2O4/c12-10(16)11(3-4-17-6-11)8-2-1-7(5-13-8)9(14)15/h1-2,5H,3-4,6H2,(H2,12,16)(H,14,15). The highest BCUT2D eigenvalue weighted by atomic mass is 16.5. The van der Waals surface area contributed by atoms with E-state index in [2.05, 4.69) is 4.98 Å². The highest BCUT2D eigenvalue weighted by Crippen LogP contribution is 2.31. The topological polar surface area (TPSA) is 103 Å². The zero-order valence-electron chi connectivity index (χ0n) is 9.05. The Kier molecular flexibility index (Phi) is 2.81. The van der Waals surface area contributed by atoms with Crippen LogP contribution in [0.15, 0.2) is 18.3 Å². The largest absolute Gasteiger partial charge is 0.478 e. The zero-order chi connectivity index (χ0) is 12.5. The number of primary amides is 1. The number of carbonyl (C=O) groups is 2. The second-order valence-electron chi connectivity index (χ2n) is 3.99. The molecule has 6 nitrogen and oxygen atoms in total. The number of carboxylic acid groups (broad SMARTS) is 1. The Hall–Kier alpha value is -1.95. The Morgan fingerprint density at radius 2 is 2.24 bits per heavy atom. The fourth-order valence-electron chi connectivity index (χ4n) is 1.89. The number of pyridine rings is 1. The van der Waals surface area contributed by atoms with Crippen molar-refractivity contribution in [3.05, 3.63) is 29.6 Å². The van der Waals surface area contributed by atoms with Crippen LogP contribution < -0.4 is 5.73 Å². The van der Waals surface area contributed by atoms with Gasteiger partial charge >= 0.3 is 5.97 Å². The Morgan fingerprint density at radius 1 is 1.47 bits per heavy atom. The molecular weight excluding hydrogens is 224 g/mol. The van der Waals surface area contributed by atoms with E-state index in [1.165, 1.54) is 18.3 Å². The molecule has 1 unspecified atom stereocenters. The molecule has 17 heavy (non-hydrogen) atoms. The predicted molar refractivity (Wildman–Crippen MR) is 57.5 cm³/mol. The summed E-state index contributed by atoms with van der Waals surface area (Å²) in [4.78, 5) is 26.2. The van der Waals surface area contributed by atoms with Gasteiger partial charge in [-0.05, 0) is 18.6 Å². The Labute approximate surface area is 97.4 Å². The van der Waals surface area contributed by atoms with Crippen molar-refractivity contribution in [2.45, 2.75) is 11.8 Å². The van der Waals surface area contributed by atoms with Gasteiger partial charge in [0, 0.05) is 12.8 Å². The lowest BCUT2D eigenvalue weighted by Crippen LogP contribution is -2.42. The van der Waals surface area contributed by atoms with E-state index in [9.17, 15) is 9.59 Å². The van der Waals surface area contributed by atoms with E-state index in [4.69, 9.17) is 15.6 Å². The number of hydrogen-bond donors (Lipinski definition) is 2. The van der Waals surface area contributed by atoms with Crippen molar-refractivity contribution < 1.29 is 19.4 Å². The first-order valence-electron chi connectivity index (χ1n) is 5.14. The minimum atomic E-state index is -1.06. The smallest absolute Gasteiger partial charge is 0.337 e. The van der Waals surface area contributed by atoms with Gasteiger partial charge in [-0.25, -0.2) is 4.79 Å². The van der Waals surface area contributed by atoms with Crippen LogP contribution in [0.5, 0.6) is 0 Å². The second kappa shape index (κ2) is 4.14. The summed E-state index contributed by atoms with van der Waals surface area (Å²) in [5, 5.41) is 8.76. The number of carbonyl (C=O) groups excluding carboxylic acids is 1. The second-order valence-corrected chi connectivity index (χ2v) is 3.99. The first-order valence-corrected chi connectivity index (χ1v) is 5.14. The maximum absolute atomic E-state index is 11.5. The first-order chi connectivity index (χ1) is 8.06. The van der Waals surface area contributed by atoms with Gasteiger partial charge in [-0.1, -0.05) is 0 Å². The third kappa shape index (κ3) is 1.87. The highest BCUT2D eigenvalue weighted by Gasteiger charge is 2.43. The monoisotopic (exact) mass is 236 g/mol. The predicted octanol–water partition coefficient (Wildman–Crippen LogP) is -0.0768. The average Bonchev–Trinajstić information content (AvgIpc) is 2.79. The molecule has 2 rings (SSSR count). The molecule has 1 aliphatic heterocycles. The van der Waals surface area contributed by atoms with Crippen LogP contribution in [0.1, 0.15) is 22.5 Å². The molecular formula is C11H12N2O4. The van der Waals surface area contributed by atoms with Crippen LogP contribution in [-0.4, -0.2) is 35.2 Å². The number of aromatic carboxylic acids is 1. The SMILES string of the molecule is NC(=O)C1(c2ccc(C(=O)O)cn2)CCOC1. The fourth-order valence-corrected chi connectivity index (χ4v) is 1.89. The summed E-state index contributed by atoms with van der Waals surface area (Å²) in [5.41, 5.74) is 5.01. The lowest BCUT2D eigenvalue weighted by atomic mass is 9.82. The molecule has 90 valence electrons. The van der Waals surface area contributed by atoms with Gasteiger partial charge in [0.15, 0.2) is 0 Å². The minimum absolute atomic E-state index is 0.0762. The number of amides is 1. The van der Waals surface area contributed by atoms with Crippen LogP contribution in [0.3, 0.4) is 0 Å². The van der Waals surface area contributed by atoms with Crippen molar-refractivity contribution in [2.75, 3.05) is 13.2 Å². The molecule has 0 aliphatic carbocycles. The summed E-state index contributed by atoms with van der Waals surface area (Å²) in [6.45, 7) is 0.646. The van der Waals surface area contributed by atoms with Crippen LogP contribution in [0, 0.1) is 0 Å². The Bertz CT molecular complexity index is 449. The number of nitrogens with zero attached hydrogens (tertiary/aromatic N) is 1. The van der Waals surface area contributed by atoms with Gasteiger partial charge in [0.2, 0.25) is 5.91 Å². The van der Waals surface area contributed by atoms with Crippen LogP contribution in [-0.2, 0) is 14.9 Å². The van der Waals surface area contributed by atoms with E-state index in [1.807, 2.05) is 0 Å². The molecule has 1 atom stereocenters. The number of rotatable bonds is 3. The Morgan fingerprint density at radius 3 is 2.65 bits per heavy atom. The third-order valence-electron chi connectivity index (χ3n) is 2.99. The number of nitrogens with two attached hydrogens (primary N) is 1. The van der Waals surface area contributed by atoms with Crippen molar-refractivity contribution in [1.29, 1.82) is 0 Å². The van der Waals surface area contributed by atoms with Crippen LogP contribution in [0.4, 0.5) is 0 Å². The Balaban J connectivity index is 2.38. The van der Waals surface area contributed by atoms with E-state index in [-0.39, 0.29) is 12.2 Å². The molecule has 1 aromatic rings. The van der Waals surface area contributed by atoms with Gasteiger partial charge in [-0.3, -0.25) is 9.78 Å². The normalized spacial score (nSPS) is 23.5. The van der Waals surface area contributed by atoms with Crippen molar-refractivity contribution in [2.24, 2.45) is 5.73 Å². The van der Waals surface area contributed by atoms with Gasteiger partial charge in [0.05, 0.1) is 17.9 Å². The molecule has 1 fully saturated rings. The molecule has 3 N–H and O–H groups in total. The summed E-state index contributed by atoms with van der Waals surface area (Å²) in [6.07, 6.45) is 1.70. The lowest BCUT2D eigenvalue weighted by Gasteiger charge is -2.22. The molecule has 2 heterocycles. The summed E-state index contributed by atoms with van der Waals surface area (Å²) in [6, 6.07) is 2.93. The molecule has 1 aromatic heterocycles. The third-order valence-corrected chi connectivity index (χ3v) is 2.99. The molecule has 1 saturated heterocycles. The molecule has 0 radical (unpaired) electrons. The minimum Gasteiger partial charge on any atom is -0.478 e. The number of carboxylic acids is 1. The van der Waals surface area contributed by atoms with E-state index in [0.717, 1.165) is 0 Å². The lowest BCUT2D eigenvalue weighted by molar-refractivity contribution is -0.123. The number of hydrogen-bond acceptors (Lipinski definition) is 4. The van der Waals surface area contributed by atoms with E-state index in [0.29, 0.717) is 18.7 Å². The van der Waals surface area contributed by atoms with Crippen molar-refractivity contribution in [3.63, 3.8) is 0 Å². The molecule has 0 spiro atoms. The fraction of sp³-hybridized carbons (Fsp3) is 0.364. The van der Waals surface area contributed by atoms with Crippen molar-refractivity contribution in [1.82, 2.24) is 4.98 Å². The maximum Gasteiger partial charge on any atom is 0.337 e. The van der Waals surface area contributed by atoms with E-state index < -0.39 is 17.3 Å². The van der Waals surface area contributed by atoms with Gasteiger partial charge in [0.1, 0.15) is 5.41 Å². The van der Waals surface area contributed by atoms with Gasteiger partial charge in [-0.2, -0.15) is 0 Å². The van der Waals surface area contributed by atoms with Crippen LogP contribution >= 0.6 is 0 Å². The van der Waals surface area contributed by atoms with Gasteiger partial charge in [0.25, 0.3) is 0 Å².